The Labute approximate surface area is 265 Å². The number of hydrogen-bond donors (Lipinski definition) is 6. The molecule has 1 unspecified atom stereocenters. The maximum absolute atomic E-state index is 13.9. The molecular formula is C28H30ClF3N4O9S. The Bertz CT molecular complexity index is 1660. The van der Waals surface area contributed by atoms with Gasteiger partial charge in [0.15, 0.2) is 22.4 Å². The van der Waals surface area contributed by atoms with Gasteiger partial charge in [0.1, 0.15) is 6.04 Å². The van der Waals surface area contributed by atoms with Crippen molar-refractivity contribution in [1.82, 2.24) is 10.6 Å². The van der Waals surface area contributed by atoms with Crippen LogP contribution in [0, 0.1) is 29.3 Å². The average Bonchev–Trinajstić information content (AvgIpc) is 3.13. The Morgan fingerprint density at radius 2 is 1.65 bits per heavy atom. The highest BCUT2D eigenvalue weighted by molar-refractivity contribution is 7.92. The number of benzene rings is 2. The van der Waals surface area contributed by atoms with Crippen LogP contribution in [0.3, 0.4) is 0 Å². The maximum atomic E-state index is 13.9. The molecule has 250 valence electrons. The Morgan fingerprint density at radius 1 is 1.07 bits per heavy atom. The van der Waals surface area contributed by atoms with Crippen LogP contribution in [0.4, 0.5) is 23.7 Å². The second-order valence-electron chi connectivity index (χ2n) is 11.3. The fourth-order valence-corrected chi connectivity index (χ4v) is 8.28. The Balaban J connectivity index is 1.53. The fourth-order valence-electron chi connectivity index (χ4n) is 6.00. The summed E-state index contributed by atoms with van der Waals surface area (Å²) in [5.74, 6) is -9.34. The standard InChI is InChI=1S/C28H30ClF3N4O9S/c1-45-26(40)36-20(9-22(33)37)25(39)34-12-28(42)14-3-4-15(28)11-27(41,10-14)46(43,44)21-6-13(2-5-17(21)29)24(38)35-16-7-18(30)23(32)19(31)8-16/h2,5-8,14-15,20,41-42H,3-4,9-12H2,1H3,(H2,33,37)(H,34,39)(H,35,38)(H,36,40)/t14-,15?,20-,27-,28-/m0/s1. The zero-order valence-electron chi connectivity index (χ0n) is 24.1. The van der Waals surface area contributed by atoms with E-state index in [1.807, 2.05) is 0 Å². The van der Waals surface area contributed by atoms with E-state index in [0.29, 0.717) is 12.1 Å². The molecule has 2 aromatic carbocycles. The maximum Gasteiger partial charge on any atom is 0.407 e. The number of methoxy groups -OCH3 is 1. The highest BCUT2D eigenvalue weighted by Gasteiger charge is 2.61. The van der Waals surface area contributed by atoms with Gasteiger partial charge in [-0.1, -0.05) is 11.6 Å². The van der Waals surface area contributed by atoms with Gasteiger partial charge < -0.3 is 36.6 Å². The lowest BCUT2D eigenvalue weighted by Crippen LogP contribution is -2.60. The molecule has 0 saturated heterocycles. The summed E-state index contributed by atoms with van der Waals surface area (Å²) in [4.78, 5) is 45.5. The number of anilines is 1. The van der Waals surface area contributed by atoms with Gasteiger partial charge in [0.2, 0.25) is 21.7 Å². The Morgan fingerprint density at radius 3 is 2.20 bits per heavy atom. The highest BCUT2D eigenvalue weighted by atomic mass is 35.5. The van der Waals surface area contributed by atoms with Crippen molar-refractivity contribution in [1.29, 1.82) is 0 Å². The topological polar surface area (TPSA) is 214 Å². The molecule has 2 saturated carbocycles. The van der Waals surface area contributed by atoms with Crippen LogP contribution < -0.4 is 21.7 Å². The molecule has 7 N–H and O–H groups in total. The second kappa shape index (κ2) is 13.1. The number of hydrogen-bond acceptors (Lipinski definition) is 9. The van der Waals surface area contributed by atoms with E-state index in [1.54, 1.807) is 0 Å². The van der Waals surface area contributed by atoms with Crippen LogP contribution in [-0.2, 0) is 24.2 Å². The first kappa shape index (κ1) is 34.9. The van der Waals surface area contributed by atoms with E-state index in [0.717, 1.165) is 25.3 Å². The smallest absolute Gasteiger partial charge is 0.407 e. The normalized spacial score (nSPS) is 24.5. The zero-order chi connectivity index (χ0) is 34.2. The first-order valence-corrected chi connectivity index (χ1v) is 15.6. The Kier molecular flexibility index (Phi) is 9.91. The molecule has 2 fully saturated rings. The molecule has 0 spiro atoms. The SMILES string of the molecule is COC(=O)N[C@@H](CC(N)=O)C(=O)NC[C@@]1(O)C2CC[C@H]1C[C@](O)(S(=O)(=O)c1cc(C(=O)Nc3cc(F)c(F)c(F)c3)ccc1Cl)C2. The minimum Gasteiger partial charge on any atom is -0.453 e. The molecule has 0 aliphatic heterocycles. The molecule has 5 atom stereocenters. The predicted octanol–water partition coefficient (Wildman–Crippen LogP) is 1.74. The van der Waals surface area contributed by atoms with Crippen LogP contribution >= 0.6 is 11.6 Å². The minimum atomic E-state index is -4.73. The zero-order valence-corrected chi connectivity index (χ0v) is 25.7. The molecule has 0 heterocycles. The molecule has 2 aliphatic carbocycles. The van der Waals surface area contributed by atoms with Crippen LogP contribution in [0.1, 0.15) is 42.5 Å². The van der Waals surface area contributed by atoms with Crippen molar-refractivity contribution < 1.29 is 55.7 Å². The molecule has 2 bridgehead atoms. The molecule has 13 nitrogen and oxygen atoms in total. The lowest BCUT2D eigenvalue weighted by molar-refractivity contribution is -0.131. The number of aliphatic hydroxyl groups is 2. The van der Waals surface area contributed by atoms with E-state index >= 15 is 0 Å². The van der Waals surface area contributed by atoms with Gasteiger partial charge in [-0.05, 0) is 55.7 Å². The summed E-state index contributed by atoms with van der Waals surface area (Å²) in [5.41, 5.74) is 2.71. The van der Waals surface area contributed by atoms with Crippen molar-refractivity contribution in [2.75, 3.05) is 19.0 Å². The molecule has 18 heteroatoms. The number of ether oxygens (including phenoxy) is 1. The summed E-state index contributed by atoms with van der Waals surface area (Å²) in [6.45, 7) is -0.406. The van der Waals surface area contributed by atoms with Crippen molar-refractivity contribution >= 4 is 50.9 Å². The number of sulfone groups is 1. The fraction of sp³-hybridized carbons (Fsp3) is 0.429. The summed E-state index contributed by atoms with van der Waals surface area (Å²) in [6.07, 6.45) is -1.98. The van der Waals surface area contributed by atoms with Crippen LogP contribution in [0.15, 0.2) is 35.2 Å². The third kappa shape index (κ3) is 6.77. The van der Waals surface area contributed by atoms with Crippen molar-refractivity contribution in [3.8, 4) is 0 Å². The number of nitrogens with one attached hydrogen (secondary N) is 3. The van der Waals surface area contributed by atoms with Gasteiger partial charge >= 0.3 is 6.09 Å². The van der Waals surface area contributed by atoms with Crippen LogP contribution in [0.2, 0.25) is 5.02 Å². The molecule has 4 amide bonds. The van der Waals surface area contributed by atoms with Gasteiger partial charge in [-0.15, -0.1) is 0 Å². The summed E-state index contributed by atoms with van der Waals surface area (Å²) in [5, 5.41) is 29.5. The van der Waals surface area contributed by atoms with Gasteiger partial charge in [0, 0.05) is 29.9 Å². The second-order valence-corrected chi connectivity index (χ2v) is 13.9. The summed E-state index contributed by atoms with van der Waals surface area (Å²) in [6, 6.07) is 2.72. The monoisotopic (exact) mass is 690 g/mol. The van der Waals surface area contributed by atoms with E-state index in [9.17, 15) is 51.0 Å². The van der Waals surface area contributed by atoms with Gasteiger partial charge in [-0.2, -0.15) is 0 Å². The van der Waals surface area contributed by atoms with E-state index in [1.165, 1.54) is 0 Å². The van der Waals surface area contributed by atoms with Crippen molar-refractivity contribution in [3.05, 3.63) is 58.4 Å². The largest absolute Gasteiger partial charge is 0.453 e. The van der Waals surface area contributed by atoms with Crippen LogP contribution in [0.5, 0.6) is 0 Å². The summed E-state index contributed by atoms with van der Waals surface area (Å²) < 4.78 is 72.6. The molecule has 0 aromatic heterocycles. The number of carbonyl (C=O) groups is 4. The lowest BCUT2D eigenvalue weighted by atomic mass is 9.73. The summed E-state index contributed by atoms with van der Waals surface area (Å²) >= 11 is 6.20. The van der Waals surface area contributed by atoms with Crippen LogP contribution in [0.25, 0.3) is 0 Å². The quantitative estimate of drug-likeness (QED) is 0.200. The van der Waals surface area contributed by atoms with E-state index in [-0.39, 0.29) is 23.4 Å². The van der Waals surface area contributed by atoms with E-state index < -0.39 is 116 Å². The number of primary amides is 1. The lowest BCUT2D eigenvalue weighted by Gasteiger charge is -2.46. The number of amides is 4. The third-order valence-electron chi connectivity index (χ3n) is 8.38. The van der Waals surface area contributed by atoms with Crippen molar-refractivity contribution in [2.24, 2.45) is 17.6 Å². The number of nitrogens with two attached hydrogens (primary N) is 1. The molecule has 46 heavy (non-hydrogen) atoms. The number of alkyl carbamates (subject to hydrolysis) is 1. The molecule has 0 radical (unpaired) electrons. The molecular weight excluding hydrogens is 661 g/mol. The average molecular weight is 691 g/mol. The number of carbonyl (C=O) groups excluding carboxylic acids is 4. The minimum absolute atomic E-state index is 0.279. The van der Waals surface area contributed by atoms with E-state index in [4.69, 9.17) is 17.3 Å². The first-order chi connectivity index (χ1) is 21.4. The van der Waals surface area contributed by atoms with Gasteiger partial charge in [-0.3, -0.25) is 14.4 Å². The van der Waals surface area contributed by atoms with Crippen LogP contribution in [-0.4, -0.2) is 72.7 Å². The van der Waals surface area contributed by atoms with Gasteiger partial charge in [-0.25, -0.2) is 26.4 Å². The molecule has 4 rings (SSSR count). The number of halogens is 4. The summed E-state index contributed by atoms with van der Waals surface area (Å²) in [7, 11) is -3.68. The Hall–Kier alpha value is -3.93. The van der Waals surface area contributed by atoms with Crippen molar-refractivity contribution in [2.45, 2.75) is 53.6 Å². The molecule has 2 aromatic rings. The highest BCUT2D eigenvalue weighted by Crippen LogP contribution is 2.55. The van der Waals surface area contributed by atoms with E-state index in [2.05, 4.69) is 20.7 Å². The predicted molar refractivity (Wildman–Crippen MR) is 154 cm³/mol. The number of fused-ring (bicyclic) bond motifs is 2. The number of rotatable bonds is 10. The molecule has 2 aliphatic rings. The van der Waals surface area contributed by atoms with Gasteiger partial charge in [0.25, 0.3) is 5.91 Å². The van der Waals surface area contributed by atoms with Gasteiger partial charge in [0.05, 0.1) is 29.0 Å². The third-order valence-corrected chi connectivity index (χ3v) is 11.1. The first-order valence-electron chi connectivity index (χ1n) is 13.8. The van der Waals surface area contributed by atoms with Crippen molar-refractivity contribution in [3.63, 3.8) is 0 Å².